The Labute approximate surface area is 266 Å². The number of nitrogens with zero attached hydrogens (tertiary/aromatic N) is 6. The minimum Gasteiger partial charge on any atom is -0.489 e. The number of halogens is 1. The van der Waals surface area contributed by atoms with Gasteiger partial charge < -0.3 is 23.8 Å². The molecule has 5 heterocycles. The molecule has 0 saturated carbocycles. The van der Waals surface area contributed by atoms with Crippen LogP contribution in [0.15, 0.2) is 46.1 Å². The van der Waals surface area contributed by atoms with E-state index >= 15 is 0 Å². The molecule has 0 unspecified atom stereocenters. The van der Waals surface area contributed by atoms with Gasteiger partial charge in [-0.3, -0.25) is 14.3 Å². The second kappa shape index (κ2) is 11.2. The number of fused-ring (bicyclic) bond motifs is 2. The van der Waals surface area contributed by atoms with Gasteiger partial charge in [0.2, 0.25) is 0 Å². The zero-order valence-corrected chi connectivity index (χ0v) is 27.3. The summed E-state index contributed by atoms with van der Waals surface area (Å²) >= 11 is 7.15. The lowest BCUT2D eigenvalue weighted by atomic mass is 10.0. The number of anilines is 1. The van der Waals surface area contributed by atoms with E-state index in [-0.39, 0.29) is 24.1 Å². The Kier molecular flexibility index (Phi) is 7.63. The SMILES string of the molecule is Cc1ccnc(C(C)C)c1-n1c(=O)nc2c3c(c(Cl)c(-c4cccc(=O)n4C)cc31)OC[C@@H]1CN(C(=O)OC(C)(C)C)CCN21. The molecule has 0 spiro atoms. The van der Waals surface area contributed by atoms with Gasteiger partial charge in [-0.2, -0.15) is 4.98 Å². The smallest absolute Gasteiger partial charge is 0.410 e. The first kappa shape index (κ1) is 30.6. The minimum absolute atomic E-state index is 0.0139. The molecule has 1 atom stereocenters. The first-order valence-corrected chi connectivity index (χ1v) is 15.4. The molecule has 236 valence electrons. The monoisotopic (exact) mass is 632 g/mol. The van der Waals surface area contributed by atoms with Crippen molar-refractivity contribution in [3.05, 3.63) is 73.6 Å². The standard InChI is InChI=1S/C33H37ClN6O5/c1-18(2)27-28(19(3)11-12-35-27)40-23-15-21(22-9-8-10-24(41)37(22)7)26(34)29-25(23)30(36-31(40)42)39-14-13-38(16-20(39)17-44-29)32(43)45-33(4,5)6/h8-12,15,18,20H,13-14,16-17H2,1-7H3/t20-/m0/s1. The number of rotatable bonds is 3. The zero-order chi connectivity index (χ0) is 32.4. The number of ether oxygens (including phenoxy) is 2. The van der Waals surface area contributed by atoms with Crippen molar-refractivity contribution in [3.8, 4) is 22.7 Å². The molecule has 3 aromatic heterocycles. The van der Waals surface area contributed by atoms with Crippen LogP contribution in [0, 0.1) is 6.92 Å². The highest BCUT2D eigenvalue weighted by Gasteiger charge is 2.38. The zero-order valence-electron chi connectivity index (χ0n) is 26.5. The quantitative estimate of drug-likeness (QED) is 0.309. The van der Waals surface area contributed by atoms with E-state index in [1.165, 1.54) is 10.6 Å². The Morgan fingerprint density at radius 1 is 1.16 bits per heavy atom. The van der Waals surface area contributed by atoms with Crippen molar-refractivity contribution in [3.63, 3.8) is 0 Å². The van der Waals surface area contributed by atoms with E-state index < -0.39 is 17.4 Å². The summed E-state index contributed by atoms with van der Waals surface area (Å²) in [4.78, 5) is 52.9. The van der Waals surface area contributed by atoms with Gasteiger partial charge in [0.05, 0.1) is 39.0 Å². The van der Waals surface area contributed by atoms with Crippen LogP contribution in [-0.2, 0) is 11.8 Å². The average molecular weight is 633 g/mol. The van der Waals surface area contributed by atoms with Gasteiger partial charge in [-0.05, 0) is 57.4 Å². The van der Waals surface area contributed by atoms with Gasteiger partial charge in [0.1, 0.15) is 18.0 Å². The maximum absolute atomic E-state index is 14.2. The number of hydrogen-bond donors (Lipinski definition) is 0. The van der Waals surface area contributed by atoms with E-state index in [0.717, 1.165) is 11.3 Å². The van der Waals surface area contributed by atoms with Crippen molar-refractivity contribution in [2.75, 3.05) is 31.1 Å². The number of pyridine rings is 2. The van der Waals surface area contributed by atoms with Gasteiger partial charge >= 0.3 is 11.8 Å². The van der Waals surface area contributed by atoms with E-state index in [4.69, 9.17) is 21.1 Å². The number of aryl methyl sites for hydroxylation is 1. The molecule has 0 bridgehead atoms. The molecule has 0 aliphatic carbocycles. The minimum atomic E-state index is -0.636. The van der Waals surface area contributed by atoms with Crippen LogP contribution in [0.5, 0.6) is 5.75 Å². The normalized spacial score (nSPS) is 16.4. The van der Waals surface area contributed by atoms with E-state index in [2.05, 4.69) is 9.97 Å². The van der Waals surface area contributed by atoms with Crippen LogP contribution in [0.25, 0.3) is 27.8 Å². The van der Waals surface area contributed by atoms with Gasteiger partial charge in [-0.1, -0.05) is 31.5 Å². The van der Waals surface area contributed by atoms with Crippen LogP contribution < -0.4 is 20.9 Å². The van der Waals surface area contributed by atoms with Crippen molar-refractivity contribution in [2.45, 2.75) is 59.1 Å². The van der Waals surface area contributed by atoms with E-state index in [1.807, 2.05) is 58.6 Å². The number of carbonyl (C=O) groups excluding carboxylic acids is 1. The average Bonchev–Trinajstić information content (AvgIpc) is 3.13. The Hall–Kier alpha value is -4.38. The molecule has 0 N–H and O–H groups in total. The fraction of sp³-hybridized carbons (Fsp3) is 0.424. The fourth-order valence-corrected chi connectivity index (χ4v) is 6.43. The number of amides is 1. The molecular weight excluding hydrogens is 596 g/mol. The summed E-state index contributed by atoms with van der Waals surface area (Å²) in [5.74, 6) is 0.818. The van der Waals surface area contributed by atoms with Crippen molar-refractivity contribution in [1.82, 2.24) is 24.0 Å². The predicted molar refractivity (Wildman–Crippen MR) is 174 cm³/mol. The highest BCUT2D eigenvalue weighted by molar-refractivity contribution is 6.36. The lowest BCUT2D eigenvalue weighted by Crippen LogP contribution is -2.57. The molecular formula is C33H37ClN6O5. The first-order valence-electron chi connectivity index (χ1n) is 15.1. The third-order valence-corrected chi connectivity index (χ3v) is 8.64. The summed E-state index contributed by atoms with van der Waals surface area (Å²) in [6.07, 6.45) is 1.33. The van der Waals surface area contributed by atoms with Gasteiger partial charge in [0.15, 0.2) is 5.75 Å². The van der Waals surface area contributed by atoms with Gasteiger partial charge in [-0.15, -0.1) is 0 Å². The molecule has 45 heavy (non-hydrogen) atoms. The molecule has 11 nitrogen and oxygen atoms in total. The number of piperazine rings is 1. The maximum Gasteiger partial charge on any atom is 0.410 e. The van der Waals surface area contributed by atoms with E-state index in [1.54, 1.807) is 34.8 Å². The molecule has 6 rings (SSSR count). The third-order valence-electron chi connectivity index (χ3n) is 8.27. The molecule has 1 fully saturated rings. The maximum atomic E-state index is 14.2. The first-order chi connectivity index (χ1) is 21.3. The van der Waals surface area contributed by atoms with Crippen LogP contribution in [0.4, 0.5) is 10.6 Å². The number of benzene rings is 1. The Morgan fingerprint density at radius 2 is 1.91 bits per heavy atom. The predicted octanol–water partition coefficient (Wildman–Crippen LogP) is 5.05. The highest BCUT2D eigenvalue weighted by Crippen LogP contribution is 2.46. The molecule has 4 aromatic rings. The van der Waals surface area contributed by atoms with Crippen LogP contribution in [0.3, 0.4) is 0 Å². The Bertz CT molecular complexity index is 1960. The number of hydrogen-bond acceptors (Lipinski definition) is 8. The van der Waals surface area contributed by atoms with Crippen molar-refractivity contribution < 1.29 is 14.3 Å². The van der Waals surface area contributed by atoms with Crippen molar-refractivity contribution >= 4 is 34.4 Å². The third kappa shape index (κ3) is 5.32. The van der Waals surface area contributed by atoms with Gasteiger partial charge in [0.25, 0.3) is 5.56 Å². The lowest BCUT2D eigenvalue weighted by Gasteiger charge is -2.41. The molecule has 1 aromatic carbocycles. The van der Waals surface area contributed by atoms with Gasteiger partial charge in [-0.25, -0.2) is 9.59 Å². The summed E-state index contributed by atoms with van der Waals surface area (Å²) in [6.45, 7) is 12.8. The molecule has 2 aliphatic rings. The summed E-state index contributed by atoms with van der Waals surface area (Å²) in [5, 5.41) is 0.878. The van der Waals surface area contributed by atoms with Crippen molar-refractivity contribution in [2.24, 2.45) is 7.05 Å². The van der Waals surface area contributed by atoms with Crippen LogP contribution >= 0.6 is 11.6 Å². The second-order valence-corrected chi connectivity index (χ2v) is 13.3. The summed E-state index contributed by atoms with van der Waals surface area (Å²) < 4.78 is 15.2. The van der Waals surface area contributed by atoms with E-state index in [9.17, 15) is 14.4 Å². The second-order valence-electron chi connectivity index (χ2n) is 12.9. The molecule has 2 aliphatic heterocycles. The summed E-state index contributed by atoms with van der Waals surface area (Å²) in [5.41, 5.74) is 2.57. The van der Waals surface area contributed by atoms with Crippen LogP contribution in [0.1, 0.15) is 51.8 Å². The van der Waals surface area contributed by atoms with Crippen molar-refractivity contribution in [1.29, 1.82) is 0 Å². The molecule has 1 amide bonds. The largest absolute Gasteiger partial charge is 0.489 e. The summed E-state index contributed by atoms with van der Waals surface area (Å²) in [6, 6.07) is 8.34. The van der Waals surface area contributed by atoms with Crippen LogP contribution in [-0.4, -0.2) is 68.0 Å². The summed E-state index contributed by atoms with van der Waals surface area (Å²) in [7, 11) is 1.68. The van der Waals surface area contributed by atoms with Crippen LogP contribution in [0.2, 0.25) is 5.02 Å². The van der Waals surface area contributed by atoms with Gasteiger partial charge in [0, 0.05) is 44.5 Å². The van der Waals surface area contributed by atoms with E-state index in [0.29, 0.717) is 64.1 Å². The number of aromatic nitrogens is 4. The topological polar surface area (TPSA) is 112 Å². The Balaban J connectivity index is 1.62. The number of carbonyl (C=O) groups is 1. The fourth-order valence-electron chi connectivity index (χ4n) is 6.13. The Morgan fingerprint density at radius 3 is 2.62 bits per heavy atom. The lowest BCUT2D eigenvalue weighted by molar-refractivity contribution is 0.0202. The molecule has 1 saturated heterocycles. The molecule has 12 heteroatoms. The molecule has 0 radical (unpaired) electrons. The highest BCUT2D eigenvalue weighted by atomic mass is 35.5.